The second-order valence-electron chi connectivity index (χ2n) is 4.40. The fourth-order valence-electron chi connectivity index (χ4n) is 2.09. The molecule has 15 heavy (non-hydrogen) atoms. The minimum absolute atomic E-state index is 0.0340. The first kappa shape index (κ1) is 11.3. The summed E-state index contributed by atoms with van der Waals surface area (Å²) < 4.78 is 27.2. The molecule has 0 unspecified atom stereocenters. The maximum atomic E-state index is 12.1. The highest BCUT2D eigenvalue weighted by molar-refractivity contribution is 7.86. The predicted molar refractivity (Wildman–Crippen MR) is 58.5 cm³/mol. The molecule has 0 aromatic rings. The molecule has 2 heterocycles. The van der Waals surface area contributed by atoms with Gasteiger partial charge in [0.1, 0.15) is 0 Å². The van der Waals surface area contributed by atoms with Crippen LogP contribution in [0.3, 0.4) is 0 Å². The van der Waals surface area contributed by atoms with Crippen molar-refractivity contribution in [2.24, 2.45) is 5.73 Å². The van der Waals surface area contributed by atoms with Gasteiger partial charge in [-0.05, 0) is 12.8 Å². The summed E-state index contributed by atoms with van der Waals surface area (Å²) in [4.78, 5) is 0. The van der Waals surface area contributed by atoms with Crippen molar-refractivity contribution in [2.75, 3.05) is 26.2 Å². The molecule has 0 bridgehead atoms. The van der Waals surface area contributed by atoms with Crippen molar-refractivity contribution in [1.82, 2.24) is 8.61 Å². The smallest absolute Gasteiger partial charge is 0.282 e. The van der Waals surface area contributed by atoms with Crippen LogP contribution in [0.5, 0.6) is 0 Å². The van der Waals surface area contributed by atoms with E-state index in [0.717, 1.165) is 25.7 Å². The Hall–Kier alpha value is -0.170. The number of nitrogens with zero attached hydrogens (tertiary/aromatic N) is 2. The number of rotatable bonds is 2. The van der Waals surface area contributed by atoms with E-state index in [9.17, 15) is 8.42 Å². The molecule has 0 atom stereocenters. The standard InChI is InChI=1S/C9H19N3O2S/c10-9-7-12(8-9)15(13,14)11-5-3-1-2-4-6-11/h9H,1-8,10H2. The average Bonchev–Trinajstić information content (AvgIpc) is 2.41. The fraction of sp³-hybridized carbons (Fsp3) is 1.00. The van der Waals surface area contributed by atoms with Gasteiger partial charge in [-0.25, -0.2) is 0 Å². The molecule has 0 radical (unpaired) electrons. The molecule has 0 aromatic heterocycles. The molecule has 6 heteroatoms. The summed E-state index contributed by atoms with van der Waals surface area (Å²) in [6.07, 6.45) is 4.26. The van der Waals surface area contributed by atoms with Crippen LogP contribution in [0.4, 0.5) is 0 Å². The van der Waals surface area contributed by atoms with Gasteiger partial charge in [0.2, 0.25) is 0 Å². The lowest BCUT2D eigenvalue weighted by Gasteiger charge is -2.38. The number of nitrogens with two attached hydrogens (primary N) is 1. The van der Waals surface area contributed by atoms with Crippen molar-refractivity contribution in [3.63, 3.8) is 0 Å². The van der Waals surface area contributed by atoms with E-state index in [4.69, 9.17) is 5.73 Å². The van der Waals surface area contributed by atoms with Crippen LogP contribution < -0.4 is 5.73 Å². The summed E-state index contributed by atoms with van der Waals surface area (Å²) in [7, 11) is -3.19. The van der Waals surface area contributed by atoms with Gasteiger partial charge in [-0.3, -0.25) is 0 Å². The predicted octanol–water partition coefficient (Wildman–Crippen LogP) is -0.250. The molecule has 2 saturated heterocycles. The zero-order chi connectivity index (χ0) is 10.9. The van der Waals surface area contributed by atoms with Crippen LogP contribution in [0, 0.1) is 0 Å². The molecular formula is C9H19N3O2S. The Kier molecular flexibility index (Phi) is 3.30. The first-order chi connectivity index (χ1) is 7.10. The Morgan fingerprint density at radius 3 is 1.93 bits per heavy atom. The van der Waals surface area contributed by atoms with E-state index in [0.29, 0.717) is 26.2 Å². The summed E-state index contributed by atoms with van der Waals surface area (Å²) >= 11 is 0. The van der Waals surface area contributed by atoms with Crippen LogP contribution in [-0.4, -0.2) is 49.2 Å². The number of hydrogen-bond donors (Lipinski definition) is 1. The Bertz CT molecular complexity index is 303. The largest absolute Gasteiger partial charge is 0.325 e. The van der Waals surface area contributed by atoms with Gasteiger partial charge in [0.15, 0.2) is 0 Å². The maximum Gasteiger partial charge on any atom is 0.282 e. The summed E-state index contributed by atoms with van der Waals surface area (Å²) in [6, 6.07) is 0.0340. The Morgan fingerprint density at radius 1 is 0.933 bits per heavy atom. The molecule has 2 N–H and O–H groups in total. The molecule has 0 saturated carbocycles. The third kappa shape index (κ3) is 2.33. The molecule has 0 amide bonds. The third-order valence-electron chi connectivity index (χ3n) is 3.09. The highest BCUT2D eigenvalue weighted by atomic mass is 32.2. The zero-order valence-electron chi connectivity index (χ0n) is 8.93. The van der Waals surface area contributed by atoms with E-state index in [1.165, 1.54) is 4.31 Å². The normalized spacial score (nSPS) is 27.3. The third-order valence-corrected chi connectivity index (χ3v) is 5.06. The van der Waals surface area contributed by atoms with Crippen LogP contribution in [-0.2, 0) is 10.2 Å². The minimum Gasteiger partial charge on any atom is -0.325 e. The van der Waals surface area contributed by atoms with Crippen molar-refractivity contribution >= 4 is 10.2 Å². The summed E-state index contributed by atoms with van der Waals surface area (Å²) in [5.74, 6) is 0. The molecule has 2 aliphatic rings. The topological polar surface area (TPSA) is 66.6 Å². The van der Waals surface area contributed by atoms with Gasteiger partial charge < -0.3 is 5.73 Å². The molecule has 5 nitrogen and oxygen atoms in total. The fourth-order valence-corrected chi connectivity index (χ4v) is 3.90. The SMILES string of the molecule is NC1CN(S(=O)(=O)N2CCCCCC2)C1. The zero-order valence-corrected chi connectivity index (χ0v) is 9.75. The van der Waals surface area contributed by atoms with E-state index in [-0.39, 0.29) is 6.04 Å². The average molecular weight is 233 g/mol. The molecule has 0 aromatic carbocycles. The van der Waals surface area contributed by atoms with Crippen LogP contribution in [0.25, 0.3) is 0 Å². The highest BCUT2D eigenvalue weighted by Gasteiger charge is 2.37. The molecule has 2 aliphatic heterocycles. The van der Waals surface area contributed by atoms with Gasteiger partial charge in [-0.15, -0.1) is 0 Å². The van der Waals surface area contributed by atoms with Crippen molar-refractivity contribution in [3.05, 3.63) is 0 Å². The summed E-state index contributed by atoms with van der Waals surface area (Å²) in [5.41, 5.74) is 5.60. The first-order valence-electron chi connectivity index (χ1n) is 5.61. The van der Waals surface area contributed by atoms with Crippen LogP contribution in [0.2, 0.25) is 0 Å². The van der Waals surface area contributed by atoms with Crippen molar-refractivity contribution < 1.29 is 8.42 Å². The van der Waals surface area contributed by atoms with E-state index < -0.39 is 10.2 Å². The van der Waals surface area contributed by atoms with E-state index in [2.05, 4.69) is 0 Å². The highest BCUT2D eigenvalue weighted by Crippen LogP contribution is 2.19. The first-order valence-corrected chi connectivity index (χ1v) is 7.01. The molecule has 2 rings (SSSR count). The molecular weight excluding hydrogens is 214 g/mol. The van der Waals surface area contributed by atoms with Crippen molar-refractivity contribution in [1.29, 1.82) is 0 Å². The molecule has 2 fully saturated rings. The lowest BCUT2D eigenvalue weighted by atomic mass is 10.2. The summed E-state index contributed by atoms with van der Waals surface area (Å²) in [6.45, 7) is 2.32. The summed E-state index contributed by atoms with van der Waals surface area (Å²) in [5, 5.41) is 0. The Balaban J connectivity index is 2.00. The van der Waals surface area contributed by atoms with Gasteiger partial charge in [0.05, 0.1) is 0 Å². The quantitative estimate of drug-likeness (QED) is 0.715. The van der Waals surface area contributed by atoms with E-state index in [1.807, 2.05) is 0 Å². The monoisotopic (exact) mass is 233 g/mol. The second kappa shape index (κ2) is 4.37. The Labute approximate surface area is 91.4 Å². The molecule has 0 aliphatic carbocycles. The van der Waals surface area contributed by atoms with E-state index in [1.54, 1.807) is 4.31 Å². The molecule has 0 spiro atoms. The van der Waals surface area contributed by atoms with Crippen LogP contribution >= 0.6 is 0 Å². The van der Waals surface area contributed by atoms with Gasteiger partial charge in [-0.1, -0.05) is 12.8 Å². The lowest BCUT2D eigenvalue weighted by molar-refractivity contribution is 0.240. The van der Waals surface area contributed by atoms with Crippen LogP contribution in [0.15, 0.2) is 0 Å². The van der Waals surface area contributed by atoms with Gasteiger partial charge in [-0.2, -0.15) is 17.0 Å². The maximum absolute atomic E-state index is 12.1. The minimum atomic E-state index is -3.19. The van der Waals surface area contributed by atoms with Crippen LogP contribution in [0.1, 0.15) is 25.7 Å². The lowest BCUT2D eigenvalue weighted by Crippen LogP contribution is -2.61. The van der Waals surface area contributed by atoms with Crippen molar-refractivity contribution in [3.8, 4) is 0 Å². The van der Waals surface area contributed by atoms with Crippen molar-refractivity contribution in [2.45, 2.75) is 31.7 Å². The van der Waals surface area contributed by atoms with Gasteiger partial charge >= 0.3 is 0 Å². The number of hydrogen-bond acceptors (Lipinski definition) is 3. The van der Waals surface area contributed by atoms with Gasteiger partial charge in [0, 0.05) is 32.2 Å². The second-order valence-corrected chi connectivity index (χ2v) is 6.33. The van der Waals surface area contributed by atoms with E-state index >= 15 is 0 Å². The molecule has 88 valence electrons. The van der Waals surface area contributed by atoms with Gasteiger partial charge in [0.25, 0.3) is 10.2 Å². The Morgan fingerprint density at radius 2 is 1.47 bits per heavy atom.